The number of aromatic nitrogens is 1. The van der Waals surface area contributed by atoms with Gasteiger partial charge in [-0.3, -0.25) is 4.90 Å². The van der Waals surface area contributed by atoms with Crippen LogP contribution in [-0.4, -0.2) is 48.5 Å². The van der Waals surface area contributed by atoms with Gasteiger partial charge in [0.05, 0.1) is 4.70 Å². The summed E-state index contributed by atoms with van der Waals surface area (Å²) in [6.45, 7) is 11.0. The van der Waals surface area contributed by atoms with E-state index in [-0.39, 0.29) is 0 Å². The van der Waals surface area contributed by atoms with Gasteiger partial charge in [-0.25, -0.2) is 0 Å². The van der Waals surface area contributed by atoms with Crippen LogP contribution >= 0.6 is 11.5 Å². The Kier molecular flexibility index (Phi) is 6.09. The minimum atomic E-state index is 0.663. The average molecular weight is 347 g/mol. The lowest BCUT2D eigenvalue weighted by Gasteiger charge is -2.38. The molecule has 2 atom stereocenters. The van der Waals surface area contributed by atoms with Crippen LogP contribution in [0.2, 0.25) is 0 Å². The van der Waals surface area contributed by atoms with Crippen molar-refractivity contribution >= 4 is 27.4 Å². The van der Waals surface area contributed by atoms with Gasteiger partial charge in [0.25, 0.3) is 0 Å². The first kappa shape index (κ1) is 17.6. The highest BCUT2D eigenvalue weighted by molar-refractivity contribution is 7.13. The molecule has 1 saturated heterocycles. The summed E-state index contributed by atoms with van der Waals surface area (Å²) < 4.78 is 6.00. The molecule has 24 heavy (non-hydrogen) atoms. The van der Waals surface area contributed by atoms with Gasteiger partial charge < -0.3 is 10.6 Å². The fourth-order valence-electron chi connectivity index (χ4n) is 3.88. The van der Waals surface area contributed by atoms with Gasteiger partial charge in [0, 0.05) is 38.1 Å². The second-order valence-electron chi connectivity index (χ2n) is 6.86. The molecule has 0 bridgehead atoms. The summed E-state index contributed by atoms with van der Waals surface area (Å²) in [5.74, 6) is 2.57. The first-order valence-electron chi connectivity index (χ1n) is 9.28. The molecule has 2 aromatic rings. The zero-order valence-corrected chi connectivity index (χ0v) is 15.8. The maximum atomic E-state index is 5.97. The number of fused-ring (bicyclic) bond motifs is 1. The van der Waals surface area contributed by atoms with Crippen LogP contribution in [0.1, 0.15) is 26.7 Å². The Morgan fingerprint density at radius 1 is 1.08 bits per heavy atom. The molecule has 0 amide bonds. The predicted octanol–water partition coefficient (Wildman–Crippen LogP) is 3.43. The van der Waals surface area contributed by atoms with Crippen molar-refractivity contribution in [1.82, 2.24) is 9.27 Å². The molecule has 4 nitrogen and oxygen atoms in total. The Bertz CT molecular complexity index is 629. The summed E-state index contributed by atoms with van der Waals surface area (Å²) in [6, 6.07) is 8.56. The Labute approximate surface area is 149 Å². The lowest BCUT2D eigenvalue weighted by molar-refractivity contribution is 0.176. The molecule has 1 aromatic carbocycles. The molecule has 1 aliphatic rings. The third-order valence-corrected chi connectivity index (χ3v) is 6.36. The highest BCUT2D eigenvalue weighted by Gasteiger charge is 2.24. The van der Waals surface area contributed by atoms with E-state index >= 15 is 0 Å². The van der Waals surface area contributed by atoms with Crippen LogP contribution in [0, 0.1) is 11.8 Å². The standard InChI is InChI=1S/C19H30N4S/c1-3-15(13-20)16(4-2)14-22-9-11-23(12-10-22)19-17-7-5-6-8-18(17)24-21-19/h5-8,15-16H,3-4,9-14,20H2,1-2H3/t15?,16-/m0/s1. The lowest BCUT2D eigenvalue weighted by atomic mass is 9.87. The minimum Gasteiger partial charge on any atom is -0.353 e. The Balaban J connectivity index is 1.59. The quantitative estimate of drug-likeness (QED) is 0.834. The van der Waals surface area contributed by atoms with Crippen LogP contribution in [0.4, 0.5) is 5.82 Å². The van der Waals surface area contributed by atoms with E-state index in [1.54, 1.807) is 11.5 Å². The molecule has 5 heteroatoms. The Morgan fingerprint density at radius 3 is 2.46 bits per heavy atom. The highest BCUT2D eigenvalue weighted by Crippen LogP contribution is 2.30. The van der Waals surface area contributed by atoms with Gasteiger partial charge in [-0.1, -0.05) is 38.8 Å². The molecule has 132 valence electrons. The fourth-order valence-corrected chi connectivity index (χ4v) is 4.67. The molecule has 1 aromatic heterocycles. The van der Waals surface area contributed by atoms with E-state index in [2.05, 4.69) is 47.9 Å². The van der Waals surface area contributed by atoms with Crippen molar-refractivity contribution in [1.29, 1.82) is 0 Å². The minimum absolute atomic E-state index is 0.663. The van der Waals surface area contributed by atoms with Gasteiger partial charge in [0.2, 0.25) is 0 Å². The monoisotopic (exact) mass is 346 g/mol. The Hall–Kier alpha value is -1.17. The topological polar surface area (TPSA) is 45.4 Å². The third kappa shape index (κ3) is 3.73. The molecular weight excluding hydrogens is 316 g/mol. The summed E-state index contributed by atoms with van der Waals surface area (Å²) in [6.07, 6.45) is 2.42. The van der Waals surface area contributed by atoms with Gasteiger partial charge in [0.1, 0.15) is 5.82 Å². The van der Waals surface area contributed by atoms with Crippen molar-refractivity contribution in [3.8, 4) is 0 Å². The van der Waals surface area contributed by atoms with E-state index in [0.29, 0.717) is 5.92 Å². The summed E-state index contributed by atoms with van der Waals surface area (Å²) in [7, 11) is 0. The highest BCUT2D eigenvalue weighted by atomic mass is 32.1. The van der Waals surface area contributed by atoms with E-state index in [1.807, 2.05) is 0 Å². The molecule has 1 fully saturated rings. The van der Waals surface area contributed by atoms with Gasteiger partial charge in [0.15, 0.2) is 0 Å². The van der Waals surface area contributed by atoms with Gasteiger partial charge in [-0.15, -0.1) is 0 Å². The molecule has 3 rings (SSSR count). The number of anilines is 1. The maximum Gasteiger partial charge on any atom is 0.150 e. The van der Waals surface area contributed by atoms with Gasteiger partial charge in [-0.05, 0) is 42.0 Å². The summed E-state index contributed by atoms with van der Waals surface area (Å²) in [5.41, 5.74) is 5.97. The van der Waals surface area contributed by atoms with Crippen LogP contribution in [0.15, 0.2) is 24.3 Å². The van der Waals surface area contributed by atoms with E-state index in [9.17, 15) is 0 Å². The van der Waals surface area contributed by atoms with E-state index in [4.69, 9.17) is 10.1 Å². The summed E-state index contributed by atoms with van der Waals surface area (Å²) in [4.78, 5) is 5.08. The van der Waals surface area contributed by atoms with E-state index in [1.165, 1.54) is 35.3 Å². The van der Waals surface area contributed by atoms with Crippen molar-refractivity contribution < 1.29 is 0 Å². The molecule has 0 saturated carbocycles. The van der Waals surface area contributed by atoms with E-state index in [0.717, 1.165) is 38.6 Å². The van der Waals surface area contributed by atoms with Crippen LogP contribution < -0.4 is 10.6 Å². The lowest BCUT2D eigenvalue weighted by Crippen LogP contribution is -2.48. The van der Waals surface area contributed by atoms with Gasteiger partial charge in [-0.2, -0.15) is 4.37 Å². The molecule has 0 aliphatic carbocycles. The number of rotatable bonds is 7. The molecule has 2 N–H and O–H groups in total. The molecular formula is C19H30N4S. The molecule has 2 heterocycles. The first-order valence-corrected chi connectivity index (χ1v) is 10.1. The SMILES string of the molecule is CCC(CN)[C@@H](CC)CN1CCN(c2nsc3ccccc23)CC1. The molecule has 0 spiro atoms. The van der Waals surface area contributed by atoms with E-state index < -0.39 is 0 Å². The van der Waals surface area contributed by atoms with Gasteiger partial charge >= 0.3 is 0 Å². The second-order valence-corrected chi connectivity index (χ2v) is 7.67. The zero-order valence-electron chi connectivity index (χ0n) is 14.9. The molecule has 0 radical (unpaired) electrons. The predicted molar refractivity (Wildman–Crippen MR) is 105 cm³/mol. The van der Waals surface area contributed by atoms with Crippen molar-refractivity contribution in [2.45, 2.75) is 26.7 Å². The van der Waals surface area contributed by atoms with Crippen molar-refractivity contribution in [2.24, 2.45) is 17.6 Å². The van der Waals surface area contributed by atoms with Crippen molar-refractivity contribution in [3.05, 3.63) is 24.3 Å². The smallest absolute Gasteiger partial charge is 0.150 e. The summed E-state index contributed by atoms with van der Waals surface area (Å²) >= 11 is 1.61. The number of hydrogen-bond acceptors (Lipinski definition) is 5. The van der Waals surface area contributed by atoms with Crippen molar-refractivity contribution in [3.63, 3.8) is 0 Å². The van der Waals surface area contributed by atoms with Crippen LogP contribution in [-0.2, 0) is 0 Å². The normalized spacial score (nSPS) is 18.9. The number of benzene rings is 1. The zero-order chi connectivity index (χ0) is 16.9. The fraction of sp³-hybridized carbons (Fsp3) is 0.632. The van der Waals surface area contributed by atoms with Crippen LogP contribution in [0.3, 0.4) is 0 Å². The van der Waals surface area contributed by atoms with Crippen molar-refractivity contribution in [2.75, 3.05) is 44.2 Å². The molecule has 1 unspecified atom stereocenters. The number of hydrogen-bond donors (Lipinski definition) is 1. The number of nitrogens with zero attached hydrogens (tertiary/aromatic N) is 3. The third-order valence-electron chi connectivity index (χ3n) is 5.54. The number of nitrogens with two attached hydrogens (primary N) is 1. The van der Waals surface area contributed by atoms with Crippen LogP contribution in [0.25, 0.3) is 10.1 Å². The first-order chi connectivity index (χ1) is 11.8. The number of piperazine rings is 1. The second kappa shape index (κ2) is 8.28. The maximum absolute atomic E-state index is 5.97. The van der Waals surface area contributed by atoms with Crippen LogP contribution in [0.5, 0.6) is 0 Å². The largest absolute Gasteiger partial charge is 0.353 e. The average Bonchev–Trinajstić information content (AvgIpc) is 3.06. The summed E-state index contributed by atoms with van der Waals surface area (Å²) in [5, 5.41) is 1.30. The molecule has 1 aliphatic heterocycles. The Morgan fingerprint density at radius 2 is 1.79 bits per heavy atom.